The lowest BCUT2D eigenvalue weighted by atomic mass is 10.2. The van der Waals surface area contributed by atoms with Gasteiger partial charge in [0, 0.05) is 23.0 Å². The van der Waals surface area contributed by atoms with Crippen LogP contribution >= 0.6 is 11.6 Å². The van der Waals surface area contributed by atoms with Crippen LogP contribution in [0.3, 0.4) is 0 Å². The van der Waals surface area contributed by atoms with E-state index in [1.165, 1.54) is 0 Å². The van der Waals surface area contributed by atoms with Crippen LogP contribution in [0.5, 0.6) is 5.75 Å². The van der Waals surface area contributed by atoms with Crippen LogP contribution in [0.2, 0.25) is 5.02 Å². The van der Waals surface area contributed by atoms with Crippen molar-refractivity contribution in [2.24, 2.45) is 0 Å². The molecule has 18 heavy (non-hydrogen) atoms. The molecule has 1 atom stereocenters. The number of aromatic nitrogens is 1. The molecule has 96 valence electrons. The molecule has 0 aliphatic rings. The van der Waals surface area contributed by atoms with Crippen molar-refractivity contribution in [2.75, 3.05) is 6.61 Å². The summed E-state index contributed by atoms with van der Waals surface area (Å²) in [6, 6.07) is 7.36. The van der Waals surface area contributed by atoms with Crippen LogP contribution in [0.25, 0.3) is 10.9 Å². The molecule has 0 aliphatic heterocycles. The molecule has 2 rings (SSSR count). The topological polar surface area (TPSA) is 42.4 Å². The SMILES string of the molecule is CCC(O)CCOc1ccnc2cc(Cl)ccc12. The maximum Gasteiger partial charge on any atom is 0.130 e. The molecule has 1 aromatic carbocycles. The van der Waals surface area contributed by atoms with Crippen LogP contribution in [0.15, 0.2) is 30.5 Å². The van der Waals surface area contributed by atoms with Crippen LogP contribution in [-0.2, 0) is 0 Å². The van der Waals surface area contributed by atoms with Gasteiger partial charge in [0.15, 0.2) is 0 Å². The molecule has 0 saturated carbocycles. The van der Waals surface area contributed by atoms with Crippen molar-refractivity contribution < 1.29 is 9.84 Å². The van der Waals surface area contributed by atoms with Gasteiger partial charge in [0.1, 0.15) is 5.75 Å². The molecule has 0 saturated heterocycles. The number of hydrogen-bond donors (Lipinski definition) is 1. The Morgan fingerprint density at radius 3 is 3.00 bits per heavy atom. The molecule has 0 aliphatic carbocycles. The molecule has 1 heterocycles. The highest BCUT2D eigenvalue weighted by molar-refractivity contribution is 6.31. The van der Waals surface area contributed by atoms with Crippen molar-refractivity contribution in [3.63, 3.8) is 0 Å². The van der Waals surface area contributed by atoms with Gasteiger partial charge in [0.05, 0.1) is 18.2 Å². The Hall–Kier alpha value is -1.32. The van der Waals surface area contributed by atoms with Gasteiger partial charge in [0.25, 0.3) is 0 Å². The zero-order valence-electron chi connectivity index (χ0n) is 10.3. The zero-order chi connectivity index (χ0) is 13.0. The number of hydrogen-bond acceptors (Lipinski definition) is 3. The van der Waals surface area contributed by atoms with Crippen molar-refractivity contribution in [2.45, 2.75) is 25.9 Å². The summed E-state index contributed by atoms with van der Waals surface area (Å²) in [5, 5.41) is 11.1. The maximum absolute atomic E-state index is 9.48. The van der Waals surface area contributed by atoms with Gasteiger partial charge in [-0.05, 0) is 30.7 Å². The minimum atomic E-state index is -0.299. The molecular weight excluding hydrogens is 250 g/mol. The lowest BCUT2D eigenvalue weighted by molar-refractivity contribution is 0.136. The fraction of sp³-hybridized carbons (Fsp3) is 0.357. The normalized spacial score (nSPS) is 12.6. The molecule has 2 aromatic rings. The van der Waals surface area contributed by atoms with Gasteiger partial charge in [-0.15, -0.1) is 0 Å². The van der Waals surface area contributed by atoms with Gasteiger partial charge in [-0.3, -0.25) is 4.98 Å². The van der Waals surface area contributed by atoms with Gasteiger partial charge in [-0.25, -0.2) is 0 Å². The number of halogens is 1. The average molecular weight is 266 g/mol. The van der Waals surface area contributed by atoms with Crippen molar-refractivity contribution in [1.82, 2.24) is 4.98 Å². The minimum Gasteiger partial charge on any atom is -0.493 e. The summed E-state index contributed by atoms with van der Waals surface area (Å²) in [5.74, 6) is 0.778. The lowest BCUT2D eigenvalue weighted by Crippen LogP contribution is -2.10. The third kappa shape index (κ3) is 3.12. The first-order valence-corrected chi connectivity index (χ1v) is 6.43. The van der Waals surface area contributed by atoms with Crippen LogP contribution in [0, 0.1) is 0 Å². The minimum absolute atomic E-state index is 0.299. The summed E-state index contributed by atoms with van der Waals surface area (Å²) in [7, 11) is 0. The molecule has 0 bridgehead atoms. The molecule has 1 N–H and O–H groups in total. The Balaban J connectivity index is 2.13. The highest BCUT2D eigenvalue weighted by atomic mass is 35.5. The van der Waals surface area contributed by atoms with Gasteiger partial charge >= 0.3 is 0 Å². The van der Waals surface area contributed by atoms with E-state index in [9.17, 15) is 5.11 Å². The second-order valence-corrected chi connectivity index (χ2v) is 4.61. The Morgan fingerprint density at radius 1 is 1.39 bits per heavy atom. The van der Waals surface area contributed by atoms with E-state index in [-0.39, 0.29) is 6.10 Å². The zero-order valence-corrected chi connectivity index (χ0v) is 11.0. The van der Waals surface area contributed by atoms with Gasteiger partial charge in [0.2, 0.25) is 0 Å². The van der Waals surface area contributed by atoms with E-state index in [0.717, 1.165) is 23.1 Å². The predicted octanol–water partition coefficient (Wildman–Crippen LogP) is 3.43. The second-order valence-electron chi connectivity index (χ2n) is 4.17. The number of ether oxygens (including phenoxy) is 1. The number of aliphatic hydroxyl groups excluding tert-OH is 1. The highest BCUT2D eigenvalue weighted by Crippen LogP contribution is 2.26. The molecular formula is C14H16ClNO2. The number of rotatable bonds is 5. The number of benzene rings is 1. The highest BCUT2D eigenvalue weighted by Gasteiger charge is 2.05. The fourth-order valence-corrected chi connectivity index (χ4v) is 1.90. The number of fused-ring (bicyclic) bond motifs is 1. The van der Waals surface area contributed by atoms with E-state index in [4.69, 9.17) is 16.3 Å². The summed E-state index contributed by atoms with van der Waals surface area (Å²) >= 11 is 5.92. The number of aliphatic hydroxyl groups is 1. The molecule has 1 aromatic heterocycles. The van der Waals surface area contributed by atoms with E-state index >= 15 is 0 Å². The van der Waals surface area contributed by atoms with Crippen molar-refractivity contribution in [3.05, 3.63) is 35.5 Å². The third-order valence-electron chi connectivity index (χ3n) is 2.84. The van der Waals surface area contributed by atoms with Gasteiger partial charge < -0.3 is 9.84 Å². The average Bonchev–Trinajstić information content (AvgIpc) is 2.38. The first kappa shape index (κ1) is 13.1. The first-order valence-electron chi connectivity index (χ1n) is 6.06. The largest absolute Gasteiger partial charge is 0.493 e. The summed E-state index contributed by atoms with van der Waals surface area (Å²) in [5.41, 5.74) is 0.816. The first-order chi connectivity index (χ1) is 8.70. The van der Waals surface area contributed by atoms with E-state index in [1.807, 2.05) is 31.2 Å². The molecule has 0 spiro atoms. The van der Waals surface area contributed by atoms with Crippen LogP contribution in [0.1, 0.15) is 19.8 Å². The van der Waals surface area contributed by atoms with Gasteiger partial charge in [-0.1, -0.05) is 18.5 Å². The fourth-order valence-electron chi connectivity index (χ4n) is 1.73. The van der Waals surface area contributed by atoms with Crippen LogP contribution in [-0.4, -0.2) is 22.8 Å². The Labute approximate surface area is 111 Å². The maximum atomic E-state index is 9.48. The smallest absolute Gasteiger partial charge is 0.130 e. The lowest BCUT2D eigenvalue weighted by Gasteiger charge is -2.11. The molecule has 0 amide bonds. The third-order valence-corrected chi connectivity index (χ3v) is 3.08. The molecule has 0 radical (unpaired) electrons. The van der Waals surface area contributed by atoms with E-state index in [1.54, 1.807) is 6.20 Å². The summed E-state index contributed by atoms with van der Waals surface area (Å²) in [4.78, 5) is 4.25. The Kier molecular flexibility index (Phi) is 4.39. The standard InChI is InChI=1S/C14H16ClNO2/c1-2-11(17)6-8-18-14-5-7-16-13-9-10(15)3-4-12(13)14/h3-5,7,9,11,17H,2,6,8H2,1H3. The summed E-state index contributed by atoms with van der Waals surface area (Å²) in [6.07, 6.45) is 2.78. The van der Waals surface area contributed by atoms with Gasteiger partial charge in [-0.2, -0.15) is 0 Å². The van der Waals surface area contributed by atoms with E-state index in [0.29, 0.717) is 18.1 Å². The molecule has 3 nitrogen and oxygen atoms in total. The van der Waals surface area contributed by atoms with E-state index in [2.05, 4.69) is 4.98 Å². The van der Waals surface area contributed by atoms with Crippen LogP contribution < -0.4 is 4.74 Å². The number of pyridine rings is 1. The van der Waals surface area contributed by atoms with E-state index < -0.39 is 0 Å². The predicted molar refractivity (Wildman–Crippen MR) is 73.2 cm³/mol. The molecule has 0 fully saturated rings. The van der Waals surface area contributed by atoms with Crippen molar-refractivity contribution >= 4 is 22.5 Å². The summed E-state index contributed by atoms with van der Waals surface area (Å²) < 4.78 is 5.69. The number of nitrogens with zero attached hydrogens (tertiary/aromatic N) is 1. The molecule has 1 unspecified atom stereocenters. The van der Waals surface area contributed by atoms with Crippen LogP contribution in [0.4, 0.5) is 0 Å². The quantitative estimate of drug-likeness (QED) is 0.901. The Bertz CT molecular complexity index is 530. The second kappa shape index (κ2) is 6.03. The molecule has 4 heteroatoms. The Morgan fingerprint density at radius 2 is 2.22 bits per heavy atom. The monoisotopic (exact) mass is 265 g/mol. The van der Waals surface area contributed by atoms with Crippen molar-refractivity contribution in [3.8, 4) is 5.75 Å². The van der Waals surface area contributed by atoms with Crippen molar-refractivity contribution in [1.29, 1.82) is 0 Å². The summed E-state index contributed by atoms with van der Waals surface area (Å²) in [6.45, 7) is 2.45.